The van der Waals surface area contributed by atoms with Gasteiger partial charge in [0.25, 0.3) is 0 Å². The van der Waals surface area contributed by atoms with Crippen LogP contribution in [0.25, 0.3) is 0 Å². The quantitative estimate of drug-likeness (QED) is 0.647. The Labute approximate surface area is 183 Å². The first-order valence-electron chi connectivity index (χ1n) is 10.1. The molecule has 1 aromatic heterocycles. The molecule has 1 aliphatic heterocycles. The third-order valence-corrected chi connectivity index (χ3v) is 5.98. The molecule has 2 amide bonds. The van der Waals surface area contributed by atoms with Crippen molar-refractivity contribution < 1.29 is 13.6 Å². The molecule has 0 spiro atoms. The molecule has 1 N–H and O–H groups in total. The Morgan fingerprint density at radius 1 is 1.10 bits per heavy atom. The maximum Gasteiger partial charge on any atom is 0.321 e. The minimum absolute atomic E-state index is 0.0302. The second-order valence-corrected chi connectivity index (χ2v) is 8.27. The summed E-state index contributed by atoms with van der Waals surface area (Å²) in [6, 6.07) is 11.0. The number of rotatable bonds is 4. The van der Waals surface area contributed by atoms with Gasteiger partial charge >= 0.3 is 6.03 Å². The van der Waals surface area contributed by atoms with Crippen LogP contribution in [-0.4, -0.2) is 46.5 Å². The summed E-state index contributed by atoms with van der Waals surface area (Å²) in [6.07, 6.45) is 1.44. The van der Waals surface area contributed by atoms with Crippen LogP contribution < -0.4 is 10.2 Å². The maximum atomic E-state index is 13.8. The van der Waals surface area contributed by atoms with Crippen LogP contribution >= 0.6 is 11.5 Å². The van der Waals surface area contributed by atoms with Crippen molar-refractivity contribution in [2.24, 2.45) is 0 Å². The molecule has 6 nitrogen and oxygen atoms in total. The number of amides is 2. The van der Waals surface area contributed by atoms with Gasteiger partial charge in [-0.2, -0.15) is 4.37 Å². The number of halogens is 2. The van der Waals surface area contributed by atoms with Crippen LogP contribution in [0.5, 0.6) is 0 Å². The van der Waals surface area contributed by atoms with Crippen LogP contribution in [0.4, 0.5) is 24.4 Å². The molecule has 0 bridgehead atoms. The number of anilines is 2. The van der Waals surface area contributed by atoms with Gasteiger partial charge < -0.3 is 15.1 Å². The number of carbonyl (C=O) groups is 1. The standard InChI is InChI=1S/C22H23F2N5OS/c1-15-3-5-16(6-4-15)13-20-26-22(31-27-20)29-10-2-9-28(11-12-29)21(30)25-19-8-7-17(23)14-18(19)24/h3-8,14H,2,9-13H2,1H3,(H,25,30). The van der Waals surface area contributed by atoms with E-state index in [1.165, 1.54) is 28.7 Å². The number of carbonyl (C=O) groups excluding carboxylic acids is 1. The summed E-state index contributed by atoms with van der Waals surface area (Å²) in [7, 11) is 0. The van der Waals surface area contributed by atoms with Crippen LogP contribution in [0, 0.1) is 18.6 Å². The number of urea groups is 1. The fourth-order valence-corrected chi connectivity index (χ4v) is 4.17. The first-order valence-corrected chi connectivity index (χ1v) is 10.9. The van der Waals surface area contributed by atoms with Crippen molar-refractivity contribution in [2.75, 3.05) is 36.4 Å². The molecule has 1 fully saturated rings. The first kappa shape index (κ1) is 21.2. The zero-order valence-electron chi connectivity index (χ0n) is 17.1. The van der Waals surface area contributed by atoms with Gasteiger partial charge in [0, 0.05) is 50.2 Å². The van der Waals surface area contributed by atoms with Gasteiger partial charge in [-0.15, -0.1) is 0 Å². The highest BCUT2D eigenvalue weighted by atomic mass is 32.1. The number of aryl methyl sites for hydroxylation is 1. The van der Waals surface area contributed by atoms with Gasteiger partial charge in [0.15, 0.2) is 0 Å². The number of nitrogens with one attached hydrogen (secondary N) is 1. The van der Waals surface area contributed by atoms with Gasteiger partial charge in [-0.25, -0.2) is 18.6 Å². The van der Waals surface area contributed by atoms with E-state index >= 15 is 0 Å². The van der Waals surface area contributed by atoms with Crippen molar-refractivity contribution in [3.8, 4) is 0 Å². The van der Waals surface area contributed by atoms with E-state index in [4.69, 9.17) is 0 Å². The van der Waals surface area contributed by atoms with Gasteiger partial charge in [0.05, 0.1) is 5.69 Å². The minimum atomic E-state index is -0.792. The van der Waals surface area contributed by atoms with E-state index < -0.39 is 17.7 Å². The largest absolute Gasteiger partial charge is 0.345 e. The molecule has 31 heavy (non-hydrogen) atoms. The van der Waals surface area contributed by atoms with Crippen LogP contribution in [0.15, 0.2) is 42.5 Å². The van der Waals surface area contributed by atoms with Crippen molar-refractivity contribution >= 4 is 28.4 Å². The van der Waals surface area contributed by atoms with Gasteiger partial charge in [0.2, 0.25) is 5.13 Å². The highest BCUT2D eigenvalue weighted by Crippen LogP contribution is 2.21. The molecular formula is C22H23F2N5OS. The second kappa shape index (κ2) is 9.38. The summed E-state index contributed by atoms with van der Waals surface area (Å²) in [5.41, 5.74) is 2.36. The van der Waals surface area contributed by atoms with E-state index in [0.717, 1.165) is 36.1 Å². The fourth-order valence-electron chi connectivity index (χ4n) is 3.43. The number of nitrogens with zero attached hydrogens (tertiary/aromatic N) is 4. The molecule has 0 radical (unpaired) electrons. The van der Waals surface area contributed by atoms with Gasteiger partial charge in [-0.1, -0.05) is 29.8 Å². The molecule has 3 aromatic rings. The zero-order chi connectivity index (χ0) is 21.8. The van der Waals surface area contributed by atoms with E-state index in [2.05, 4.69) is 50.8 Å². The Balaban J connectivity index is 1.35. The lowest BCUT2D eigenvalue weighted by atomic mass is 10.1. The van der Waals surface area contributed by atoms with E-state index in [9.17, 15) is 13.6 Å². The van der Waals surface area contributed by atoms with E-state index in [1.807, 2.05) is 0 Å². The number of benzene rings is 2. The van der Waals surface area contributed by atoms with E-state index in [1.54, 1.807) is 4.90 Å². The van der Waals surface area contributed by atoms with E-state index in [0.29, 0.717) is 26.1 Å². The Hall–Kier alpha value is -3.07. The molecule has 0 saturated carbocycles. The molecule has 2 heterocycles. The van der Waals surface area contributed by atoms with Crippen molar-refractivity contribution in [1.29, 1.82) is 0 Å². The zero-order valence-corrected chi connectivity index (χ0v) is 18.0. The monoisotopic (exact) mass is 443 g/mol. The van der Waals surface area contributed by atoms with Gasteiger partial charge in [0.1, 0.15) is 17.5 Å². The number of hydrogen-bond donors (Lipinski definition) is 1. The SMILES string of the molecule is Cc1ccc(Cc2nsc(N3CCCN(C(=O)Nc4ccc(F)cc4F)CC3)n2)cc1. The predicted octanol–water partition coefficient (Wildman–Crippen LogP) is 4.46. The molecule has 9 heteroatoms. The normalized spacial score (nSPS) is 14.4. The molecule has 0 unspecified atom stereocenters. The molecular weight excluding hydrogens is 420 g/mol. The topological polar surface area (TPSA) is 61.4 Å². The molecule has 0 aliphatic carbocycles. The van der Waals surface area contributed by atoms with Crippen molar-refractivity contribution in [1.82, 2.24) is 14.3 Å². The smallest absolute Gasteiger partial charge is 0.321 e. The maximum absolute atomic E-state index is 13.8. The minimum Gasteiger partial charge on any atom is -0.345 e. The van der Waals surface area contributed by atoms with Crippen LogP contribution in [0.3, 0.4) is 0 Å². The van der Waals surface area contributed by atoms with Crippen LogP contribution in [0.2, 0.25) is 0 Å². The molecule has 4 rings (SSSR count). The molecule has 1 aliphatic rings. The lowest BCUT2D eigenvalue weighted by Crippen LogP contribution is -2.38. The summed E-state index contributed by atoms with van der Waals surface area (Å²) in [5, 5.41) is 3.37. The lowest BCUT2D eigenvalue weighted by Gasteiger charge is -2.22. The summed E-state index contributed by atoms with van der Waals surface area (Å²) >= 11 is 1.36. The van der Waals surface area contributed by atoms with Gasteiger partial charge in [-0.3, -0.25) is 0 Å². The molecule has 0 atom stereocenters. The lowest BCUT2D eigenvalue weighted by molar-refractivity contribution is 0.215. The number of hydrogen-bond acceptors (Lipinski definition) is 5. The van der Waals surface area contributed by atoms with E-state index in [-0.39, 0.29) is 5.69 Å². The Bertz CT molecular complexity index is 1060. The average molecular weight is 444 g/mol. The second-order valence-electron chi connectivity index (χ2n) is 7.54. The Kier molecular flexibility index (Phi) is 6.41. The third kappa shape index (κ3) is 5.35. The summed E-state index contributed by atoms with van der Waals surface area (Å²) in [4.78, 5) is 21.0. The fraction of sp³-hybridized carbons (Fsp3) is 0.318. The molecule has 2 aromatic carbocycles. The van der Waals surface area contributed by atoms with Crippen LogP contribution in [-0.2, 0) is 6.42 Å². The Morgan fingerprint density at radius 2 is 1.90 bits per heavy atom. The first-order chi connectivity index (χ1) is 15.0. The predicted molar refractivity (Wildman–Crippen MR) is 118 cm³/mol. The van der Waals surface area contributed by atoms with Crippen LogP contribution in [0.1, 0.15) is 23.4 Å². The number of aromatic nitrogens is 2. The van der Waals surface area contributed by atoms with Gasteiger partial charge in [-0.05, 0) is 31.0 Å². The summed E-state index contributed by atoms with van der Waals surface area (Å²) in [6.45, 7) is 4.44. The van der Waals surface area contributed by atoms with Crippen molar-refractivity contribution in [2.45, 2.75) is 19.8 Å². The Morgan fingerprint density at radius 3 is 2.68 bits per heavy atom. The third-order valence-electron chi connectivity index (χ3n) is 5.17. The highest BCUT2D eigenvalue weighted by Gasteiger charge is 2.22. The van der Waals surface area contributed by atoms with Crippen molar-refractivity contribution in [3.05, 3.63) is 71.1 Å². The summed E-state index contributed by atoms with van der Waals surface area (Å²) < 4.78 is 31.4. The average Bonchev–Trinajstić information content (AvgIpc) is 3.06. The molecule has 1 saturated heterocycles. The van der Waals surface area contributed by atoms with Crippen molar-refractivity contribution in [3.63, 3.8) is 0 Å². The highest BCUT2D eigenvalue weighted by molar-refractivity contribution is 7.09. The molecule has 162 valence electrons. The summed E-state index contributed by atoms with van der Waals surface area (Å²) in [5.74, 6) is -0.686.